The Hall–Kier alpha value is -3.55. The first kappa shape index (κ1) is 18.2. The molecule has 1 aliphatic rings. The zero-order valence-corrected chi connectivity index (χ0v) is 14.8. The molecule has 140 valence electrons. The first-order chi connectivity index (χ1) is 12.9. The van der Waals surface area contributed by atoms with Crippen LogP contribution in [0.2, 0.25) is 0 Å². The van der Waals surface area contributed by atoms with E-state index < -0.39 is 23.8 Å². The van der Waals surface area contributed by atoms with E-state index in [2.05, 4.69) is 5.32 Å². The SMILES string of the molecule is COc1ccc(NC2CC(=O)N(c3cccc(C(=O)O)c3)C2=O)c(OC)c1. The number of imide groups is 1. The van der Waals surface area contributed by atoms with Gasteiger partial charge in [0.05, 0.1) is 37.6 Å². The summed E-state index contributed by atoms with van der Waals surface area (Å²) in [6.45, 7) is 0. The molecule has 1 unspecified atom stereocenters. The lowest BCUT2D eigenvalue weighted by Crippen LogP contribution is -2.35. The van der Waals surface area contributed by atoms with Crippen LogP contribution >= 0.6 is 0 Å². The first-order valence-electron chi connectivity index (χ1n) is 8.13. The summed E-state index contributed by atoms with van der Waals surface area (Å²) < 4.78 is 10.4. The predicted octanol–water partition coefficient (Wildman–Crippen LogP) is 2.15. The molecule has 1 aliphatic heterocycles. The van der Waals surface area contributed by atoms with Crippen molar-refractivity contribution in [3.63, 3.8) is 0 Å². The van der Waals surface area contributed by atoms with Gasteiger partial charge in [-0.05, 0) is 30.3 Å². The zero-order chi connectivity index (χ0) is 19.6. The van der Waals surface area contributed by atoms with Gasteiger partial charge < -0.3 is 19.9 Å². The Labute approximate surface area is 155 Å². The highest BCUT2D eigenvalue weighted by atomic mass is 16.5. The number of aromatic carboxylic acids is 1. The normalized spacial score (nSPS) is 16.4. The van der Waals surface area contributed by atoms with E-state index in [0.717, 1.165) is 4.90 Å². The quantitative estimate of drug-likeness (QED) is 0.751. The molecule has 8 heteroatoms. The van der Waals surface area contributed by atoms with Crippen molar-refractivity contribution in [2.75, 3.05) is 24.4 Å². The molecular weight excluding hydrogens is 352 g/mol. The molecule has 0 spiro atoms. The van der Waals surface area contributed by atoms with Gasteiger partial charge in [0, 0.05) is 6.07 Å². The summed E-state index contributed by atoms with van der Waals surface area (Å²) in [5.74, 6) is -0.930. The standard InChI is InChI=1S/C19H18N2O6/c1-26-13-6-7-14(16(9-13)27-2)20-15-10-17(22)21(18(15)23)12-5-3-4-11(8-12)19(24)25/h3-9,15,20H,10H2,1-2H3,(H,24,25). The average Bonchev–Trinajstić information content (AvgIpc) is 2.95. The second-order valence-corrected chi connectivity index (χ2v) is 5.89. The van der Waals surface area contributed by atoms with Gasteiger partial charge in [-0.3, -0.25) is 9.59 Å². The highest BCUT2D eigenvalue weighted by molar-refractivity contribution is 6.23. The Kier molecular flexibility index (Phi) is 4.98. The van der Waals surface area contributed by atoms with Crippen LogP contribution in [-0.4, -0.2) is 43.2 Å². The maximum Gasteiger partial charge on any atom is 0.335 e. The molecule has 2 aromatic rings. The van der Waals surface area contributed by atoms with Gasteiger partial charge in [0.15, 0.2) is 0 Å². The molecule has 0 aromatic heterocycles. The van der Waals surface area contributed by atoms with Crippen LogP contribution in [0.25, 0.3) is 0 Å². The van der Waals surface area contributed by atoms with Gasteiger partial charge in [0.1, 0.15) is 17.5 Å². The lowest BCUT2D eigenvalue weighted by molar-refractivity contribution is -0.121. The molecule has 0 aliphatic carbocycles. The molecule has 1 atom stereocenters. The molecule has 8 nitrogen and oxygen atoms in total. The van der Waals surface area contributed by atoms with Crippen molar-refractivity contribution >= 4 is 29.2 Å². The molecule has 1 heterocycles. The number of methoxy groups -OCH3 is 2. The number of benzene rings is 2. The molecule has 1 fully saturated rings. The molecule has 2 N–H and O–H groups in total. The van der Waals surface area contributed by atoms with E-state index in [1.807, 2.05) is 0 Å². The number of nitrogens with zero attached hydrogens (tertiary/aromatic N) is 1. The van der Waals surface area contributed by atoms with Crippen molar-refractivity contribution in [2.24, 2.45) is 0 Å². The van der Waals surface area contributed by atoms with Crippen LogP contribution in [0.1, 0.15) is 16.8 Å². The summed E-state index contributed by atoms with van der Waals surface area (Å²) in [4.78, 5) is 37.3. The molecule has 3 rings (SSSR count). The third kappa shape index (κ3) is 3.55. The molecule has 2 aromatic carbocycles. The van der Waals surface area contributed by atoms with Gasteiger partial charge in [0.25, 0.3) is 5.91 Å². The minimum Gasteiger partial charge on any atom is -0.497 e. The Morgan fingerprint density at radius 3 is 2.59 bits per heavy atom. The molecule has 27 heavy (non-hydrogen) atoms. The van der Waals surface area contributed by atoms with E-state index in [-0.39, 0.29) is 17.7 Å². The van der Waals surface area contributed by atoms with Crippen molar-refractivity contribution in [3.8, 4) is 11.5 Å². The Balaban J connectivity index is 1.85. The van der Waals surface area contributed by atoms with Gasteiger partial charge in [0.2, 0.25) is 5.91 Å². The van der Waals surface area contributed by atoms with Crippen molar-refractivity contribution in [2.45, 2.75) is 12.5 Å². The number of carboxylic acids is 1. The van der Waals surface area contributed by atoms with Crippen molar-refractivity contribution in [1.82, 2.24) is 0 Å². The van der Waals surface area contributed by atoms with Crippen LogP contribution in [0, 0.1) is 0 Å². The van der Waals surface area contributed by atoms with Crippen LogP contribution in [0.15, 0.2) is 42.5 Å². The number of ether oxygens (including phenoxy) is 2. The summed E-state index contributed by atoms with van der Waals surface area (Å²) in [5, 5.41) is 12.1. The van der Waals surface area contributed by atoms with Crippen LogP contribution in [0.4, 0.5) is 11.4 Å². The lowest BCUT2D eigenvalue weighted by Gasteiger charge is -2.18. The van der Waals surface area contributed by atoms with E-state index in [9.17, 15) is 14.4 Å². The number of rotatable bonds is 6. The predicted molar refractivity (Wildman–Crippen MR) is 97.5 cm³/mol. The monoisotopic (exact) mass is 370 g/mol. The summed E-state index contributed by atoms with van der Waals surface area (Å²) >= 11 is 0. The number of carbonyl (C=O) groups excluding carboxylic acids is 2. The number of hydrogen-bond donors (Lipinski definition) is 2. The van der Waals surface area contributed by atoms with Crippen LogP contribution in [0.5, 0.6) is 11.5 Å². The summed E-state index contributed by atoms with van der Waals surface area (Å²) in [6.07, 6.45) is -0.0503. The fraction of sp³-hybridized carbons (Fsp3) is 0.211. The van der Waals surface area contributed by atoms with E-state index in [0.29, 0.717) is 17.2 Å². The largest absolute Gasteiger partial charge is 0.497 e. The Morgan fingerprint density at radius 2 is 1.93 bits per heavy atom. The Morgan fingerprint density at radius 1 is 1.15 bits per heavy atom. The topological polar surface area (TPSA) is 105 Å². The molecule has 0 radical (unpaired) electrons. The number of hydrogen-bond acceptors (Lipinski definition) is 6. The second kappa shape index (κ2) is 7.36. The zero-order valence-electron chi connectivity index (χ0n) is 14.8. The maximum atomic E-state index is 12.8. The lowest BCUT2D eigenvalue weighted by atomic mass is 10.2. The number of carboxylic acid groups (broad SMARTS) is 1. The highest BCUT2D eigenvalue weighted by Crippen LogP contribution is 2.32. The fourth-order valence-corrected chi connectivity index (χ4v) is 2.90. The Bertz CT molecular complexity index is 911. The van der Waals surface area contributed by atoms with E-state index in [4.69, 9.17) is 14.6 Å². The van der Waals surface area contributed by atoms with Gasteiger partial charge in [-0.25, -0.2) is 9.69 Å². The van der Waals surface area contributed by atoms with E-state index in [1.165, 1.54) is 38.5 Å². The van der Waals surface area contributed by atoms with Gasteiger partial charge >= 0.3 is 5.97 Å². The number of nitrogens with one attached hydrogen (secondary N) is 1. The number of anilines is 2. The van der Waals surface area contributed by atoms with Crippen LogP contribution in [-0.2, 0) is 9.59 Å². The number of amides is 2. The van der Waals surface area contributed by atoms with Crippen molar-refractivity contribution < 1.29 is 29.0 Å². The smallest absolute Gasteiger partial charge is 0.335 e. The minimum absolute atomic E-state index is 0.00123. The minimum atomic E-state index is -1.13. The average molecular weight is 370 g/mol. The van der Waals surface area contributed by atoms with Gasteiger partial charge in [-0.2, -0.15) is 0 Å². The van der Waals surface area contributed by atoms with Gasteiger partial charge in [-0.15, -0.1) is 0 Å². The molecule has 0 bridgehead atoms. The fourth-order valence-electron chi connectivity index (χ4n) is 2.90. The van der Waals surface area contributed by atoms with Crippen LogP contribution in [0.3, 0.4) is 0 Å². The van der Waals surface area contributed by atoms with Gasteiger partial charge in [-0.1, -0.05) is 6.07 Å². The van der Waals surface area contributed by atoms with E-state index >= 15 is 0 Å². The third-order valence-electron chi connectivity index (χ3n) is 4.24. The highest BCUT2D eigenvalue weighted by Gasteiger charge is 2.40. The summed E-state index contributed by atoms with van der Waals surface area (Å²) in [6, 6.07) is 10.0. The molecule has 0 saturated carbocycles. The summed E-state index contributed by atoms with van der Waals surface area (Å²) in [7, 11) is 3.02. The maximum absolute atomic E-state index is 12.8. The molecular formula is C19H18N2O6. The van der Waals surface area contributed by atoms with E-state index in [1.54, 1.807) is 18.2 Å². The first-order valence-corrected chi connectivity index (χ1v) is 8.13. The summed E-state index contributed by atoms with van der Waals surface area (Å²) in [5.41, 5.74) is 0.780. The van der Waals surface area contributed by atoms with Crippen LogP contribution < -0.4 is 19.7 Å². The van der Waals surface area contributed by atoms with Crippen molar-refractivity contribution in [3.05, 3.63) is 48.0 Å². The molecule has 1 saturated heterocycles. The second-order valence-electron chi connectivity index (χ2n) is 5.89. The third-order valence-corrected chi connectivity index (χ3v) is 4.24. The molecule has 2 amide bonds. The van der Waals surface area contributed by atoms with Crippen molar-refractivity contribution in [1.29, 1.82) is 0 Å². The number of carbonyl (C=O) groups is 3.